The molecule has 1 saturated heterocycles. The lowest BCUT2D eigenvalue weighted by Gasteiger charge is -2.26. The molecule has 0 aliphatic carbocycles. The van der Waals surface area contributed by atoms with E-state index in [1.165, 1.54) is 12.6 Å². The molecule has 30 heavy (non-hydrogen) atoms. The van der Waals surface area contributed by atoms with Crippen molar-refractivity contribution in [3.05, 3.63) is 60.2 Å². The molecule has 5 rings (SSSR count). The van der Waals surface area contributed by atoms with E-state index in [2.05, 4.69) is 25.3 Å². The number of aromatic nitrogens is 6. The van der Waals surface area contributed by atoms with Gasteiger partial charge in [-0.05, 0) is 43.9 Å². The maximum Gasteiger partial charge on any atom is 0.262 e. The molecule has 0 radical (unpaired) electrons. The van der Waals surface area contributed by atoms with Crippen LogP contribution in [0.3, 0.4) is 0 Å². The van der Waals surface area contributed by atoms with Crippen LogP contribution in [0.1, 0.15) is 35.2 Å². The van der Waals surface area contributed by atoms with Crippen LogP contribution < -0.4 is 10.2 Å². The van der Waals surface area contributed by atoms with Crippen molar-refractivity contribution in [1.82, 2.24) is 29.4 Å². The third kappa shape index (κ3) is 3.38. The largest absolute Gasteiger partial charge is 0.355 e. The molecule has 1 amide bonds. The molecule has 4 aromatic heterocycles. The van der Waals surface area contributed by atoms with Crippen LogP contribution in [0.5, 0.6) is 0 Å². The number of hydrogen-bond donors (Lipinski definition) is 1. The Kier molecular flexibility index (Phi) is 4.62. The fraction of sp³-hybridized carbons (Fsp3) is 0.286. The number of nitrogens with zero attached hydrogens (tertiary/aromatic N) is 7. The first-order valence-electron chi connectivity index (χ1n) is 10.1. The lowest BCUT2D eigenvalue weighted by molar-refractivity contribution is 0.102. The summed E-state index contributed by atoms with van der Waals surface area (Å²) in [5, 5.41) is 11.9. The molecule has 0 spiro atoms. The van der Waals surface area contributed by atoms with Crippen molar-refractivity contribution >= 4 is 23.2 Å². The van der Waals surface area contributed by atoms with Crippen molar-refractivity contribution < 1.29 is 4.79 Å². The second kappa shape index (κ2) is 7.58. The van der Waals surface area contributed by atoms with Crippen LogP contribution in [0.2, 0.25) is 0 Å². The average Bonchev–Trinajstić information content (AvgIpc) is 3.39. The number of nitrogens with one attached hydrogen (secondary N) is 1. The molecule has 1 N–H and O–H groups in total. The van der Waals surface area contributed by atoms with E-state index in [0.29, 0.717) is 22.8 Å². The number of fused-ring (bicyclic) bond motifs is 1. The number of carbonyl (C=O) groups excluding carboxylic acids is 1. The quantitative estimate of drug-likeness (QED) is 0.564. The molecule has 0 unspecified atom stereocenters. The van der Waals surface area contributed by atoms with Gasteiger partial charge in [-0.3, -0.25) is 4.79 Å². The summed E-state index contributed by atoms with van der Waals surface area (Å²) in [5.41, 5.74) is 1.97. The van der Waals surface area contributed by atoms with Gasteiger partial charge in [0.05, 0.1) is 6.20 Å². The number of carbonyl (C=O) groups is 1. The minimum atomic E-state index is -0.290. The van der Waals surface area contributed by atoms with E-state index in [1.807, 2.05) is 25.1 Å². The van der Waals surface area contributed by atoms with Gasteiger partial charge >= 0.3 is 0 Å². The van der Waals surface area contributed by atoms with Crippen molar-refractivity contribution in [2.45, 2.75) is 26.2 Å². The molecule has 1 fully saturated rings. The van der Waals surface area contributed by atoms with Gasteiger partial charge in [0.1, 0.15) is 11.4 Å². The van der Waals surface area contributed by atoms with Crippen LogP contribution in [-0.4, -0.2) is 48.4 Å². The molecule has 0 saturated carbocycles. The Hall–Kier alpha value is -3.75. The topological polar surface area (TPSA) is 93.2 Å². The zero-order valence-electron chi connectivity index (χ0n) is 16.7. The SMILES string of the molecule is Cc1ccc(-n2nc(N3CCCCC3)cc2NC(=O)c2cnn3cccnc23)nc1. The van der Waals surface area contributed by atoms with Gasteiger partial charge in [-0.1, -0.05) is 6.07 Å². The number of hydrogen-bond acceptors (Lipinski definition) is 6. The normalized spacial score (nSPS) is 14.2. The molecular formula is C21H22N8O. The highest BCUT2D eigenvalue weighted by molar-refractivity contribution is 6.08. The van der Waals surface area contributed by atoms with Gasteiger partial charge < -0.3 is 10.2 Å². The highest BCUT2D eigenvalue weighted by atomic mass is 16.1. The Morgan fingerprint density at radius 1 is 1.07 bits per heavy atom. The van der Waals surface area contributed by atoms with Crippen LogP contribution in [0.15, 0.2) is 49.1 Å². The second-order valence-electron chi connectivity index (χ2n) is 7.44. The molecule has 9 heteroatoms. The Morgan fingerprint density at radius 2 is 1.93 bits per heavy atom. The minimum absolute atomic E-state index is 0.290. The van der Waals surface area contributed by atoms with E-state index in [9.17, 15) is 4.79 Å². The lowest BCUT2D eigenvalue weighted by Crippen LogP contribution is -2.29. The van der Waals surface area contributed by atoms with Gasteiger partial charge in [-0.2, -0.15) is 9.78 Å². The van der Waals surface area contributed by atoms with Crippen LogP contribution in [-0.2, 0) is 0 Å². The van der Waals surface area contributed by atoms with E-state index in [-0.39, 0.29) is 5.91 Å². The van der Waals surface area contributed by atoms with Gasteiger partial charge in [-0.15, -0.1) is 5.10 Å². The van der Waals surface area contributed by atoms with E-state index >= 15 is 0 Å². The Morgan fingerprint density at radius 3 is 2.73 bits per heavy atom. The van der Waals surface area contributed by atoms with Crippen molar-refractivity contribution in [2.75, 3.05) is 23.3 Å². The highest BCUT2D eigenvalue weighted by Gasteiger charge is 2.21. The Labute approximate surface area is 173 Å². The van der Waals surface area contributed by atoms with Crippen molar-refractivity contribution in [3.8, 4) is 5.82 Å². The summed E-state index contributed by atoms with van der Waals surface area (Å²) in [4.78, 5) is 24.0. The van der Waals surface area contributed by atoms with E-state index < -0.39 is 0 Å². The standard InChI is InChI=1S/C21H22N8O/c1-15-6-7-17(23-13-15)29-18(12-19(26-29)27-9-3-2-4-10-27)25-21(30)16-14-24-28-11-5-8-22-20(16)28/h5-8,11-14H,2-4,9-10H2,1H3,(H,25,30). The van der Waals surface area contributed by atoms with Gasteiger partial charge in [0.15, 0.2) is 17.3 Å². The highest BCUT2D eigenvalue weighted by Crippen LogP contribution is 2.25. The predicted molar refractivity (Wildman–Crippen MR) is 113 cm³/mol. The monoisotopic (exact) mass is 402 g/mol. The molecular weight excluding hydrogens is 380 g/mol. The maximum atomic E-state index is 13.0. The number of anilines is 2. The summed E-state index contributed by atoms with van der Waals surface area (Å²) in [6.45, 7) is 3.91. The first-order valence-corrected chi connectivity index (χ1v) is 10.1. The maximum absolute atomic E-state index is 13.0. The molecule has 0 atom stereocenters. The van der Waals surface area contributed by atoms with E-state index in [4.69, 9.17) is 5.10 Å². The lowest BCUT2D eigenvalue weighted by atomic mass is 10.1. The van der Waals surface area contributed by atoms with Gasteiger partial charge in [0.25, 0.3) is 5.91 Å². The third-order valence-corrected chi connectivity index (χ3v) is 5.25. The van der Waals surface area contributed by atoms with Crippen LogP contribution in [0.25, 0.3) is 11.5 Å². The van der Waals surface area contributed by atoms with Crippen LogP contribution in [0, 0.1) is 6.92 Å². The average molecular weight is 402 g/mol. The first kappa shape index (κ1) is 18.3. The fourth-order valence-corrected chi connectivity index (χ4v) is 3.67. The van der Waals surface area contributed by atoms with E-state index in [1.54, 1.807) is 33.9 Å². The van der Waals surface area contributed by atoms with Gasteiger partial charge in [-0.25, -0.2) is 14.5 Å². The molecule has 4 aromatic rings. The smallest absolute Gasteiger partial charge is 0.262 e. The zero-order chi connectivity index (χ0) is 20.5. The second-order valence-corrected chi connectivity index (χ2v) is 7.44. The summed E-state index contributed by atoms with van der Waals surface area (Å²) >= 11 is 0. The third-order valence-electron chi connectivity index (χ3n) is 5.25. The number of piperidine rings is 1. The van der Waals surface area contributed by atoms with Crippen LogP contribution >= 0.6 is 0 Å². The summed E-state index contributed by atoms with van der Waals surface area (Å²) in [6.07, 6.45) is 10.2. The Bertz CT molecular complexity index is 1190. The molecule has 1 aliphatic heterocycles. The molecule has 5 heterocycles. The summed E-state index contributed by atoms with van der Waals surface area (Å²) in [6, 6.07) is 7.55. The van der Waals surface area contributed by atoms with Crippen molar-refractivity contribution in [3.63, 3.8) is 0 Å². The van der Waals surface area contributed by atoms with Crippen molar-refractivity contribution in [1.29, 1.82) is 0 Å². The van der Waals surface area contributed by atoms with Gasteiger partial charge in [0.2, 0.25) is 0 Å². The predicted octanol–water partition coefficient (Wildman–Crippen LogP) is 2.86. The molecule has 152 valence electrons. The number of rotatable bonds is 4. The fourth-order valence-electron chi connectivity index (χ4n) is 3.67. The van der Waals surface area contributed by atoms with Gasteiger partial charge in [0, 0.05) is 37.7 Å². The zero-order valence-corrected chi connectivity index (χ0v) is 16.7. The molecule has 0 bridgehead atoms. The molecule has 9 nitrogen and oxygen atoms in total. The first-order chi connectivity index (χ1) is 14.7. The summed E-state index contributed by atoms with van der Waals surface area (Å²) in [5.74, 6) is 1.76. The molecule has 0 aromatic carbocycles. The summed E-state index contributed by atoms with van der Waals surface area (Å²) < 4.78 is 3.26. The minimum Gasteiger partial charge on any atom is -0.355 e. The molecule has 1 aliphatic rings. The number of pyridine rings is 1. The summed E-state index contributed by atoms with van der Waals surface area (Å²) in [7, 11) is 0. The number of amides is 1. The van der Waals surface area contributed by atoms with Crippen molar-refractivity contribution in [2.24, 2.45) is 0 Å². The van der Waals surface area contributed by atoms with Crippen LogP contribution in [0.4, 0.5) is 11.6 Å². The number of aryl methyl sites for hydroxylation is 1. The Balaban J connectivity index is 1.51. The van der Waals surface area contributed by atoms with E-state index in [0.717, 1.165) is 37.3 Å².